The van der Waals surface area contributed by atoms with Gasteiger partial charge in [0.2, 0.25) is 0 Å². The van der Waals surface area contributed by atoms with Crippen LogP contribution in [0.4, 0.5) is 0 Å². The first kappa shape index (κ1) is 13.9. The summed E-state index contributed by atoms with van der Waals surface area (Å²) in [6.45, 7) is 0.664. The van der Waals surface area contributed by atoms with Gasteiger partial charge < -0.3 is 15.8 Å². The molecule has 1 aliphatic carbocycles. The van der Waals surface area contributed by atoms with Gasteiger partial charge in [0.15, 0.2) is 0 Å². The Morgan fingerprint density at radius 3 is 2.95 bits per heavy atom. The summed E-state index contributed by atoms with van der Waals surface area (Å²) >= 11 is 0. The van der Waals surface area contributed by atoms with E-state index in [1.807, 2.05) is 12.1 Å². The molecule has 2 rings (SSSR count). The van der Waals surface area contributed by atoms with Gasteiger partial charge in [0.1, 0.15) is 5.75 Å². The molecule has 104 valence electrons. The molecule has 0 heterocycles. The van der Waals surface area contributed by atoms with E-state index in [4.69, 9.17) is 10.5 Å². The highest BCUT2D eigenvalue weighted by Crippen LogP contribution is 2.22. The molecule has 0 spiro atoms. The van der Waals surface area contributed by atoms with E-state index in [1.165, 1.54) is 12.8 Å². The van der Waals surface area contributed by atoms with Crippen molar-refractivity contribution in [2.24, 2.45) is 11.7 Å². The lowest BCUT2D eigenvalue weighted by atomic mass is 9.85. The lowest BCUT2D eigenvalue weighted by Gasteiger charge is -2.28. The maximum Gasteiger partial charge on any atom is 0.251 e. The van der Waals surface area contributed by atoms with E-state index in [0.717, 1.165) is 12.8 Å². The lowest BCUT2D eigenvalue weighted by molar-refractivity contribution is 0.0941. The Balaban J connectivity index is 1.89. The SMILES string of the molecule is COc1cccc(C(=O)NCC2CCCCC2N)c1. The number of benzene rings is 1. The quantitative estimate of drug-likeness (QED) is 0.871. The van der Waals surface area contributed by atoms with Crippen molar-refractivity contribution in [3.05, 3.63) is 29.8 Å². The van der Waals surface area contributed by atoms with Crippen LogP contribution in [-0.4, -0.2) is 25.6 Å². The number of amides is 1. The fourth-order valence-corrected chi connectivity index (χ4v) is 2.58. The number of hydrogen-bond acceptors (Lipinski definition) is 3. The summed E-state index contributed by atoms with van der Waals surface area (Å²) in [7, 11) is 1.60. The van der Waals surface area contributed by atoms with Crippen molar-refractivity contribution in [1.82, 2.24) is 5.32 Å². The zero-order valence-electron chi connectivity index (χ0n) is 11.4. The van der Waals surface area contributed by atoms with Gasteiger partial charge in [-0.1, -0.05) is 18.9 Å². The van der Waals surface area contributed by atoms with Crippen LogP contribution in [0.3, 0.4) is 0 Å². The van der Waals surface area contributed by atoms with Crippen molar-refractivity contribution in [3.63, 3.8) is 0 Å². The summed E-state index contributed by atoms with van der Waals surface area (Å²) in [4.78, 5) is 12.1. The predicted octanol–water partition coefficient (Wildman–Crippen LogP) is 1.94. The van der Waals surface area contributed by atoms with Gasteiger partial charge in [0.25, 0.3) is 5.91 Å². The molecule has 0 aliphatic heterocycles. The van der Waals surface area contributed by atoms with E-state index in [0.29, 0.717) is 23.8 Å². The Kier molecular flexibility index (Phi) is 4.80. The van der Waals surface area contributed by atoms with Crippen molar-refractivity contribution in [1.29, 1.82) is 0 Å². The molecule has 3 N–H and O–H groups in total. The Labute approximate surface area is 114 Å². The third-order valence-electron chi connectivity index (χ3n) is 3.82. The van der Waals surface area contributed by atoms with Crippen LogP contribution in [0.15, 0.2) is 24.3 Å². The highest BCUT2D eigenvalue weighted by molar-refractivity contribution is 5.94. The first-order valence-corrected chi connectivity index (χ1v) is 6.88. The van der Waals surface area contributed by atoms with Crippen molar-refractivity contribution >= 4 is 5.91 Å². The summed E-state index contributed by atoms with van der Waals surface area (Å²) < 4.78 is 5.12. The molecule has 1 aromatic carbocycles. The van der Waals surface area contributed by atoms with Crippen molar-refractivity contribution in [2.75, 3.05) is 13.7 Å². The van der Waals surface area contributed by atoms with Gasteiger partial charge in [-0.15, -0.1) is 0 Å². The molecule has 4 nitrogen and oxygen atoms in total. The van der Waals surface area contributed by atoms with Gasteiger partial charge in [0, 0.05) is 18.2 Å². The second-order valence-corrected chi connectivity index (χ2v) is 5.15. The average molecular weight is 262 g/mol. The highest BCUT2D eigenvalue weighted by Gasteiger charge is 2.22. The van der Waals surface area contributed by atoms with Crippen molar-refractivity contribution in [2.45, 2.75) is 31.7 Å². The van der Waals surface area contributed by atoms with E-state index in [2.05, 4.69) is 5.32 Å². The molecule has 2 unspecified atom stereocenters. The molecule has 1 aliphatic rings. The van der Waals surface area contributed by atoms with Crippen LogP contribution < -0.4 is 15.8 Å². The number of hydrogen-bond donors (Lipinski definition) is 2. The fourth-order valence-electron chi connectivity index (χ4n) is 2.58. The maximum atomic E-state index is 12.1. The summed E-state index contributed by atoms with van der Waals surface area (Å²) in [5, 5.41) is 2.98. The van der Waals surface area contributed by atoms with E-state index in [1.54, 1.807) is 19.2 Å². The Morgan fingerprint density at radius 1 is 1.42 bits per heavy atom. The number of methoxy groups -OCH3 is 1. The van der Waals surface area contributed by atoms with Crippen LogP contribution in [-0.2, 0) is 0 Å². The van der Waals surface area contributed by atoms with Gasteiger partial charge >= 0.3 is 0 Å². The Morgan fingerprint density at radius 2 is 2.21 bits per heavy atom. The van der Waals surface area contributed by atoms with Crippen LogP contribution >= 0.6 is 0 Å². The lowest BCUT2D eigenvalue weighted by Crippen LogP contribution is -2.41. The molecule has 1 fully saturated rings. The number of ether oxygens (including phenoxy) is 1. The summed E-state index contributed by atoms with van der Waals surface area (Å²) in [6.07, 6.45) is 4.61. The molecule has 1 saturated carbocycles. The van der Waals surface area contributed by atoms with E-state index in [-0.39, 0.29) is 11.9 Å². The van der Waals surface area contributed by atoms with Crippen LogP contribution in [0.2, 0.25) is 0 Å². The van der Waals surface area contributed by atoms with Gasteiger partial charge in [-0.25, -0.2) is 0 Å². The third kappa shape index (κ3) is 3.70. The van der Waals surface area contributed by atoms with Gasteiger partial charge in [-0.2, -0.15) is 0 Å². The van der Waals surface area contributed by atoms with Gasteiger partial charge in [0.05, 0.1) is 7.11 Å². The molecule has 4 heteroatoms. The maximum absolute atomic E-state index is 12.1. The number of carbonyl (C=O) groups excluding carboxylic acids is 1. The normalized spacial score (nSPS) is 22.8. The number of rotatable bonds is 4. The first-order valence-electron chi connectivity index (χ1n) is 6.88. The molecule has 0 aromatic heterocycles. The molecular formula is C15H22N2O2. The fraction of sp³-hybridized carbons (Fsp3) is 0.533. The average Bonchev–Trinajstić information content (AvgIpc) is 2.46. The molecule has 1 aromatic rings. The topological polar surface area (TPSA) is 64.3 Å². The monoisotopic (exact) mass is 262 g/mol. The van der Waals surface area contributed by atoms with Crippen LogP contribution in [0.25, 0.3) is 0 Å². The zero-order valence-corrected chi connectivity index (χ0v) is 11.4. The number of carbonyl (C=O) groups is 1. The highest BCUT2D eigenvalue weighted by atomic mass is 16.5. The summed E-state index contributed by atoms with van der Waals surface area (Å²) in [5.41, 5.74) is 6.71. The van der Waals surface area contributed by atoms with Crippen LogP contribution in [0.5, 0.6) is 5.75 Å². The molecule has 0 bridgehead atoms. The molecule has 19 heavy (non-hydrogen) atoms. The summed E-state index contributed by atoms with van der Waals surface area (Å²) in [6, 6.07) is 7.40. The molecule has 2 atom stereocenters. The summed E-state index contributed by atoms with van der Waals surface area (Å²) in [5.74, 6) is 1.04. The predicted molar refractivity (Wildman–Crippen MR) is 75.3 cm³/mol. The van der Waals surface area contributed by atoms with Crippen molar-refractivity contribution in [3.8, 4) is 5.75 Å². The van der Waals surface area contributed by atoms with E-state index >= 15 is 0 Å². The smallest absolute Gasteiger partial charge is 0.251 e. The van der Waals surface area contributed by atoms with Crippen molar-refractivity contribution < 1.29 is 9.53 Å². The molecular weight excluding hydrogens is 240 g/mol. The second-order valence-electron chi connectivity index (χ2n) is 5.15. The zero-order chi connectivity index (χ0) is 13.7. The molecule has 1 amide bonds. The van der Waals surface area contributed by atoms with Crippen LogP contribution in [0.1, 0.15) is 36.0 Å². The van der Waals surface area contributed by atoms with E-state index in [9.17, 15) is 4.79 Å². The minimum Gasteiger partial charge on any atom is -0.497 e. The van der Waals surface area contributed by atoms with Gasteiger partial charge in [-0.05, 0) is 37.0 Å². The van der Waals surface area contributed by atoms with Gasteiger partial charge in [-0.3, -0.25) is 4.79 Å². The minimum absolute atomic E-state index is 0.0586. The third-order valence-corrected chi connectivity index (χ3v) is 3.82. The number of nitrogens with two attached hydrogens (primary N) is 1. The van der Waals surface area contributed by atoms with E-state index < -0.39 is 0 Å². The minimum atomic E-state index is -0.0586. The molecule has 0 radical (unpaired) electrons. The molecule has 0 saturated heterocycles. The van der Waals surface area contributed by atoms with Crippen LogP contribution in [0, 0.1) is 5.92 Å². The largest absolute Gasteiger partial charge is 0.497 e. The standard InChI is InChI=1S/C15H22N2O2/c1-19-13-7-4-6-11(9-13)15(18)17-10-12-5-2-3-8-14(12)16/h4,6-7,9,12,14H,2-3,5,8,10,16H2,1H3,(H,17,18). The first-order chi connectivity index (χ1) is 9.20. The Bertz CT molecular complexity index is 434. The number of nitrogens with one attached hydrogen (secondary N) is 1. The second kappa shape index (κ2) is 6.57. The Hall–Kier alpha value is -1.55.